The number of alkyl halides is 2. The number of hydrogen-bond acceptors (Lipinski definition) is 5. The fourth-order valence-electron chi connectivity index (χ4n) is 3.27. The van der Waals surface area contributed by atoms with Crippen molar-refractivity contribution in [3.05, 3.63) is 52.5 Å². The van der Waals surface area contributed by atoms with Gasteiger partial charge in [0.1, 0.15) is 23.7 Å². The molecule has 1 aliphatic rings. The highest BCUT2D eigenvalue weighted by Gasteiger charge is 2.34. The van der Waals surface area contributed by atoms with Crippen LogP contribution in [0.5, 0.6) is 0 Å². The van der Waals surface area contributed by atoms with Crippen molar-refractivity contribution in [3.63, 3.8) is 0 Å². The Kier molecular flexibility index (Phi) is 5.77. The highest BCUT2D eigenvalue weighted by atomic mass is 35.5. The SMILES string of the molecule is Cn1ncc(NC(=O)Cn2nc(C(F)F)c(Cl)c2C2CC2)c1C(=O)NCc1ccco1. The molecule has 0 radical (unpaired) electrons. The summed E-state index contributed by atoms with van der Waals surface area (Å²) < 4.78 is 34.1. The van der Waals surface area contributed by atoms with Crippen LogP contribution in [0.2, 0.25) is 5.02 Å². The van der Waals surface area contributed by atoms with Crippen LogP contribution in [-0.4, -0.2) is 31.4 Å². The summed E-state index contributed by atoms with van der Waals surface area (Å²) in [5.41, 5.74) is 0.226. The summed E-state index contributed by atoms with van der Waals surface area (Å²) in [7, 11) is 1.56. The third-order valence-corrected chi connectivity index (χ3v) is 5.24. The molecule has 1 saturated carbocycles. The maximum atomic E-state index is 13.2. The van der Waals surface area contributed by atoms with Gasteiger partial charge in [-0.2, -0.15) is 10.2 Å². The number of carbonyl (C=O) groups excluding carboxylic acids is 2. The Morgan fingerprint density at radius 1 is 1.39 bits per heavy atom. The second kappa shape index (κ2) is 8.50. The van der Waals surface area contributed by atoms with Crippen molar-refractivity contribution in [3.8, 4) is 0 Å². The van der Waals surface area contributed by atoms with Gasteiger partial charge in [0.2, 0.25) is 5.91 Å². The Bertz CT molecular complexity index is 1100. The van der Waals surface area contributed by atoms with E-state index in [-0.39, 0.29) is 35.4 Å². The lowest BCUT2D eigenvalue weighted by molar-refractivity contribution is -0.117. The van der Waals surface area contributed by atoms with Gasteiger partial charge in [-0.1, -0.05) is 11.6 Å². The monoisotopic (exact) mass is 452 g/mol. The van der Waals surface area contributed by atoms with Crippen molar-refractivity contribution in [1.82, 2.24) is 24.9 Å². The van der Waals surface area contributed by atoms with Gasteiger partial charge in [0, 0.05) is 13.0 Å². The molecule has 0 unspecified atom stereocenters. The molecule has 0 aromatic carbocycles. The maximum absolute atomic E-state index is 13.2. The minimum atomic E-state index is -2.84. The van der Waals surface area contributed by atoms with Crippen molar-refractivity contribution in [2.24, 2.45) is 7.05 Å². The molecule has 0 aliphatic heterocycles. The van der Waals surface area contributed by atoms with E-state index < -0.39 is 23.9 Å². The molecule has 2 amide bonds. The average Bonchev–Trinajstić information content (AvgIpc) is 3.13. The summed E-state index contributed by atoms with van der Waals surface area (Å²) in [5.74, 6) is -0.428. The molecule has 1 aliphatic carbocycles. The van der Waals surface area contributed by atoms with E-state index in [0.29, 0.717) is 11.5 Å². The molecule has 2 N–H and O–H groups in total. The lowest BCUT2D eigenvalue weighted by atomic mass is 10.2. The summed E-state index contributed by atoms with van der Waals surface area (Å²) in [5, 5.41) is 13.0. The standard InChI is InChI=1S/C19H19ClF2N6O3/c1-27-17(19(30)23-7-11-3-2-6-31-11)12(8-24-27)25-13(29)9-28-16(10-4-5-10)14(20)15(26-28)18(21)22/h2-3,6,8,10,18H,4-5,7,9H2,1H3,(H,23,30)(H,25,29). The molecule has 0 spiro atoms. The Balaban J connectivity index is 1.47. The Morgan fingerprint density at radius 2 is 2.16 bits per heavy atom. The van der Waals surface area contributed by atoms with Gasteiger partial charge < -0.3 is 15.1 Å². The van der Waals surface area contributed by atoms with E-state index in [1.54, 1.807) is 19.2 Å². The van der Waals surface area contributed by atoms with Crippen LogP contribution < -0.4 is 10.6 Å². The van der Waals surface area contributed by atoms with Gasteiger partial charge in [0.05, 0.1) is 35.4 Å². The molecule has 0 saturated heterocycles. The van der Waals surface area contributed by atoms with Crippen molar-refractivity contribution in [1.29, 1.82) is 0 Å². The molecule has 9 nitrogen and oxygen atoms in total. The zero-order valence-electron chi connectivity index (χ0n) is 16.4. The Labute approximate surface area is 180 Å². The van der Waals surface area contributed by atoms with E-state index in [9.17, 15) is 18.4 Å². The first-order chi connectivity index (χ1) is 14.8. The number of nitrogens with one attached hydrogen (secondary N) is 2. The van der Waals surface area contributed by atoms with Crippen LogP contribution in [0, 0.1) is 0 Å². The normalized spacial score (nSPS) is 13.6. The van der Waals surface area contributed by atoms with E-state index in [1.807, 2.05) is 0 Å². The van der Waals surface area contributed by atoms with Crippen molar-refractivity contribution in [2.45, 2.75) is 38.3 Å². The predicted molar refractivity (Wildman–Crippen MR) is 106 cm³/mol. The van der Waals surface area contributed by atoms with Gasteiger partial charge >= 0.3 is 0 Å². The van der Waals surface area contributed by atoms with Crippen LogP contribution in [0.15, 0.2) is 29.0 Å². The molecule has 31 heavy (non-hydrogen) atoms. The summed E-state index contributed by atoms with van der Waals surface area (Å²) in [6.45, 7) is -0.155. The second-order valence-electron chi connectivity index (χ2n) is 7.16. The lowest BCUT2D eigenvalue weighted by Crippen LogP contribution is -2.27. The fraction of sp³-hybridized carbons (Fsp3) is 0.368. The number of rotatable bonds is 8. The fourth-order valence-corrected chi connectivity index (χ4v) is 3.64. The number of furan rings is 1. The molecule has 164 valence electrons. The van der Waals surface area contributed by atoms with Gasteiger partial charge in [-0.25, -0.2) is 8.78 Å². The van der Waals surface area contributed by atoms with Crippen LogP contribution in [-0.2, 0) is 24.9 Å². The molecule has 4 rings (SSSR count). The van der Waals surface area contributed by atoms with E-state index in [4.69, 9.17) is 16.0 Å². The minimum absolute atomic E-state index is 0.0154. The summed E-state index contributed by atoms with van der Waals surface area (Å²) >= 11 is 6.08. The smallest absolute Gasteiger partial charge is 0.283 e. The Morgan fingerprint density at radius 3 is 2.81 bits per heavy atom. The van der Waals surface area contributed by atoms with Crippen LogP contribution in [0.4, 0.5) is 14.5 Å². The summed E-state index contributed by atoms with van der Waals surface area (Å²) in [4.78, 5) is 25.2. The predicted octanol–water partition coefficient (Wildman–Crippen LogP) is 3.25. The van der Waals surface area contributed by atoms with Crippen molar-refractivity contribution >= 4 is 29.1 Å². The number of aryl methyl sites for hydroxylation is 1. The zero-order chi connectivity index (χ0) is 22.1. The molecular weight excluding hydrogens is 434 g/mol. The number of anilines is 1. The number of halogens is 3. The summed E-state index contributed by atoms with van der Waals surface area (Å²) in [6.07, 6.45) is 1.60. The van der Waals surface area contributed by atoms with Gasteiger partial charge in [0.25, 0.3) is 12.3 Å². The molecule has 3 heterocycles. The Hall–Kier alpha value is -3.21. The van der Waals surface area contributed by atoms with E-state index >= 15 is 0 Å². The molecule has 3 aromatic heterocycles. The molecule has 0 bridgehead atoms. The third kappa shape index (κ3) is 4.46. The quantitative estimate of drug-likeness (QED) is 0.545. The van der Waals surface area contributed by atoms with E-state index in [0.717, 1.165) is 12.8 Å². The second-order valence-corrected chi connectivity index (χ2v) is 7.54. The first-order valence-corrected chi connectivity index (χ1v) is 9.89. The van der Waals surface area contributed by atoms with Gasteiger partial charge in [0.15, 0.2) is 0 Å². The van der Waals surface area contributed by atoms with Crippen molar-refractivity contribution < 1.29 is 22.8 Å². The van der Waals surface area contributed by atoms with Crippen LogP contribution in [0.3, 0.4) is 0 Å². The number of amides is 2. The van der Waals surface area contributed by atoms with Crippen LogP contribution >= 0.6 is 11.6 Å². The topological polar surface area (TPSA) is 107 Å². The molecular formula is C19H19ClF2N6O3. The third-order valence-electron chi connectivity index (χ3n) is 4.85. The average molecular weight is 453 g/mol. The molecule has 0 atom stereocenters. The molecule has 12 heteroatoms. The molecule has 3 aromatic rings. The lowest BCUT2D eigenvalue weighted by Gasteiger charge is -2.10. The molecule has 1 fully saturated rings. The first-order valence-electron chi connectivity index (χ1n) is 9.51. The highest BCUT2D eigenvalue weighted by molar-refractivity contribution is 6.32. The maximum Gasteiger partial charge on any atom is 0.283 e. The van der Waals surface area contributed by atoms with E-state index in [1.165, 1.54) is 21.8 Å². The first kappa shape index (κ1) is 21.0. The number of carbonyl (C=O) groups is 2. The van der Waals surface area contributed by atoms with Gasteiger partial charge in [-0.3, -0.25) is 19.0 Å². The van der Waals surface area contributed by atoms with Crippen LogP contribution in [0.25, 0.3) is 0 Å². The van der Waals surface area contributed by atoms with Crippen LogP contribution in [0.1, 0.15) is 52.8 Å². The highest BCUT2D eigenvalue weighted by Crippen LogP contribution is 2.45. The largest absolute Gasteiger partial charge is 0.467 e. The minimum Gasteiger partial charge on any atom is -0.467 e. The van der Waals surface area contributed by atoms with Gasteiger partial charge in [-0.15, -0.1) is 0 Å². The number of aromatic nitrogens is 4. The zero-order valence-corrected chi connectivity index (χ0v) is 17.2. The van der Waals surface area contributed by atoms with E-state index in [2.05, 4.69) is 20.8 Å². The number of nitrogens with zero attached hydrogens (tertiary/aromatic N) is 4. The van der Waals surface area contributed by atoms with Crippen molar-refractivity contribution in [2.75, 3.05) is 5.32 Å². The number of hydrogen-bond donors (Lipinski definition) is 2. The van der Waals surface area contributed by atoms with Gasteiger partial charge in [-0.05, 0) is 25.0 Å². The summed E-state index contributed by atoms with van der Waals surface area (Å²) in [6, 6.07) is 3.42.